The zero-order valence-corrected chi connectivity index (χ0v) is 11.4. The molecule has 2 rings (SSSR count). The summed E-state index contributed by atoms with van der Waals surface area (Å²) >= 11 is 8.22. The number of hydrazine groups is 1. The van der Waals surface area contributed by atoms with Gasteiger partial charge in [0, 0.05) is 16.3 Å². The van der Waals surface area contributed by atoms with Crippen molar-refractivity contribution in [1.29, 1.82) is 0 Å². The van der Waals surface area contributed by atoms with E-state index >= 15 is 0 Å². The van der Waals surface area contributed by atoms with E-state index < -0.39 is 0 Å². The van der Waals surface area contributed by atoms with E-state index in [1.54, 1.807) is 0 Å². The molecule has 2 unspecified atom stereocenters. The van der Waals surface area contributed by atoms with Crippen molar-refractivity contribution in [3.63, 3.8) is 0 Å². The maximum atomic E-state index is 6.19. The number of hydrogen-bond acceptors (Lipinski definition) is 3. The second-order valence-electron chi connectivity index (χ2n) is 4.47. The molecule has 1 saturated heterocycles. The molecule has 4 heteroatoms. The van der Waals surface area contributed by atoms with Gasteiger partial charge in [-0.2, -0.15) is 11.8 Å². The highest BCUT2D eigenvalue weighted by molar-refractivity contribution is 8.00. The highest BCUT2D eigenvalue weighted by atomic mass is 35.5. The predicted molar refractivity (Wildman–Crippen MR) is 76.4 cm³/mol. The van der Waals surface area contributed by atoms with Crippen LogP contribution >= 0.6 is 23.4 Å². The van der Waals surface area contributed by atoms with Crippen LogP contribution in [0, 0.1) is 0 Å². The molecule has 2 nitrogen and oxygen atoms in total. The summed E-state index contributed by atoms with van der Waals surface area (Å²) in [5.41, 5.74) is 4.15. The standard InChI is InChI=1S/C13H19ClN2S/c14-11-6-2-1-5-10(11)9-12(16-15)13-7-3-4-8-17-13/h1-2,5-6,12-13,16H,3-4,7-9,15H2. The van der Waals surface area contributed by atoms with Gasteiger partial charge < -0.3 is 0 Å². The third-order valence-electron chi connectivity index (χ3n) is 3.28. The molecule has 1 aromatic rings. The Morgan fingerprint density at radius 1 is 1.41 bits per heavy atom. The van der Waals surface area contributed by atoms with E-state index in [1.807, 2.05) is 30.0 Å². The molecular formula is C13H19ClN2S. The molecule has 1 fully saturated rings. The van der Waals surface area contributed by atoms with Gasteiger partial charge in [0.2, 0.25) is 0 Å². The van der Waals surface area contributed by atoms with E-state index in [-0.39, 0.29) is 0 Å². The lowest BCUT2D eigenvalue weighted by molar-refractivity contribution is 0.472. The molecule has 0 bridgehead atoms. The Morgan fingerprint density at radius 2 is 2.24 bits per heavy atom. The number of halogens is 1. The van der Waals surface area contributed by atoms with Crippen LogP contribution in [0.5, 0.6) is 0 Å². The quantitative estimate of drug-likeness (QED) is 0.653. The van der Waals surface area contributed by atoms with Gasteiger partial charge in [0.25, 0.3) is 0 Å². The molecule has 0 amide bonds. The molecule has 94 valence electrons. The molecule has 1 heterocycles. The minimum atomic E-state index is 0.320. The van der Waals surface area contributed by atoms with E-state index in [2.05, 4.69) is 11.5 Å². The van der Waals surface area contributed by atoms with Crippen LogP contribution in [0.3, 0.4) is 0 Å². The first kappa shape index (κ1) is 13.2. The van der Waals surface area contributed by atoms with Crippen LogP contribution in [0.1, 0.15) is 24.8 Å². The second kappa shape index (κ2) is 6.64. The highest BCUT2D eigenvalue weighted by Crippen LogP contribution is 2.29. The van der Waals surface area contributed by atoms with Crippen molar-refractivity contribution in [2.75, 3.05) is 5.75 Å². The molecule has 17 heavy (non-hydrogen) atoms. The highest BCUT2D eigenvalue weighted by Gasteiger charge is 2.23. The van der Waals surface area contributed by atoms with Crippen LogP contribution in [-0.4, -0.2) is 17.0 Å². The van der Waals surface area contributed by atoms with E-state index in [9.17, 15) is 0 Å². The summed E-state index contributed by atoms with van der Waals surface area (Å²) in [6.45, 7) is 0. The molecule has 0 radical (unpaired) electrons. The van der Waals surface area contributed by atoms with Crippen molar-refractivity contribution < 1.29 is 0 Å². The number of nitrogens with one attached hydrogen (secondary N) is 1. The Morgan fingerprint density at radius 3 is 2.88 bits per heavy atom. The van der Waals surface area contributed by atoms with Gasteiger partial charge in [-0.1, -0.05) is 36.2 Å². The van der Waals surface area contributed by atoms with Crippen LogP contribution in [-0.2, 0) is 6.42 Å². The summed E-state index contributed by atoms with van der Waals surface area (Å²) in [6, 6.07) is 8.34. The molecule has 0 spiro atoms. The molecule has 0 aliphatic carbocycles. The number of nitrogens with two attached hydrogens (primary N) is 1. The minimum Gasteiger partial charge on any atom is -0.271 e. The van der Waals surface area contributed by atoms with Crippen molar-refractivity contribution in [1.82, 2.24) is 5.43 Å². The Kier molecular flexibility index (Phi) is 5.16. The molecule has 3 N–H and O–H groups in total. The maximum absolute atomic E-state index is 6.19. The molecule has 1 aromatic carbocycles. The maximum Gasteiger partial charge on any atom is 0.0438 e. The lowest BCUT2D eigenvalue weighted by atomic mass is 10.00. The largest absolute Gasteiger partial charge is 0.271 e. The van der Waals surface area contributed by atoms with Crippen molar-refractivity contribution in [3.05, 3.63) is 34.9 Å². The van der Waals surface area contributed by atoms with Gasteiger partial charge in [-0.25, -0.2) is 0 Å². The zero-order valence-electron chi connectivity index (χ0n) is 9.86. The van der Waals surface area contributed by atoms with Gasteiger partial charge >= 0.3 is 0 Å². The monoisotopic (exact) mass is 270 g/mol. The number of hydrogen-bond donors (Lipinski definition) is 2. The second-order valence-corrected chi connectivity index (χ2v) is 6.23. The number of rotatable bonds is 4. The SMILES string of the molecule is NNC(Cc1ccccc1Cl)C1CCCCS1. The fourth-order valence-corrected chi connectivity index (χ4v) is 3.91. The van der Waals surface area contributed by atoms with Gasteiger partial charge in [0.15, 0.2) is 0 Å². The van der Waals surface area contributed by atoms with Gasteiger partial charge in [0.1, 0.15) is 0 Å². The third-order valence-corrected chi connectivity index (χ3v) is 5.16. The van der Waals surface area contributed by atoms with E-state index in [0.717, 1.165) is 11.4 Å². The fourth-order valence-electron chi connectivity index (χ4n) is 2.28. The fraction of sp³-hybridized carbons (Fsp3) is 0.538. The van der Waals surface area contributed by atoms with Gasteiger partial charge in [-0.05, 0) is 36.6 Å². The van der Waals surface area contributed by atoms with Crippen LogP contribution < -0.4 is 11.3 Å². The molecule has 0 aromatic heterocycles. The summed E-state index contributed by atoms with van der Waals surface area (Å²) in [5, 5.41) is 1.46. The molecule has 0 saturated carbocycles. The van der Waals surface area contributed by atoms with Crippen molar-refractivity contribution >= 4 is 23.4 Å². The van der Waals surface area contributed by atoms with Crippen molar-refractivity contribution in [2.45, 2.75) is 37.0 Å². The summed E-state index contributed by atoms with van der Waals surface area (Å²) in [7, 11) is 0. The molecular weight excluding hydrogens is 252 g/mol. The lowest BCUT2D eigenvalue weighted by Gasteiger charge is -2.29. The minimum absolute atomic E-state index is 0.320. The van der Waals surface area contributed by atoms with Crippen LogP contribution in [0.15, 0.2) is 24.3 Å². The topological polar surface area (TPSA) is 38.0 Å². The van der Waals surface area contributed by atoms with Gasteiger partial charge in [-0.15, -0.1) is 0 Å². The average Bonchev–Trinajstić information content (AvgIpc) is 2.39. The zero-order chi connectivity index (χ0) is 12.1. The first-order chi connectivity index (χ1) is 8.31. The lowest BCUT2D eigenvalue weighted by Crippen LogP contribution is -2.45. The first-order valence-electron chi connectivity index (χ1n) is 6.12. The summed E-state index contributed by atoms with van der Waals surface area (Å²) in [5.74, 6) is 6.95. The summed E-state index contributed by atoms with van der Waals surface area (Å²) in [4.78, 5) is 0. The smallest absolute Gasteiger partial charge is 0.0438 e. The number of benzene rings is 1. The average molecular weight is 271 g/mol. The van der Waals surface area contributed by atoms with Crippen molar-refractivity contribution in [2.24, 2.45) is 5.84 Å². The number of thioether (sulfide) groups is 1. The first-order valence-corrected chi connectivity index (χ1v) is 7.55. The summed E-state index contributed by atoms with van der Waals surface area (Å²) in [6.07, 6.45) is 4.82. The van der Waals surface area contributed by atoms with Crippen molar-refractivity contribution in [3.8, 4) is 0 Å². The third kappa shape index (κ3) is 3.62. The van der Waals surface area contributed by atoms with E-state index in [1.165, 1.54) is 30.6 Å². The predicted octanol–water partition coefficient (Wildman–Crippen LogP) is 3.00. The Bertz CT molecular complexity index is 353. The van der Waals surface area contributed by atoms with Crippen LogP contribution in [0.4, 0.5) is 0 Å². The Hall–Kier alpha value is -0.220. The summed E-state index contributed by atoms with van der Waals surface area (Å²) < 4.78 is 0. The molecule has 2 atom stereocenters. The van der Waals surface area contributed by atoms with Gasteiger partial charge in [-0.3, -0.25) is 11.3 Å². The normalized spacial score (nSPS) is 22.4. The molecule has 1 aliphatic heterocycles. The Balaban J connectivity index is 2.01. The van der Waals surface area contributed by atoms with Gasteiger partial charge in [0.05, 0.1) is 0 Å². The van der Waals surface area contributed by atoms with E-state index in [4.69, 9.17) is 17.4 Å². The van der Waals surface area contributed by atoms with E-state index in [0.29, 0.717) is 11.3 Å². The van der Waals surface area contributed by atoms with Crippen LogP contribution in [0.2, 0.25) is 5.02 Å². The Labute approximate surface area is 112 Å². The van der Waals surface area contributed by atoms with Crippen LogP contribution in [0.25, 0.3) is 0 Å². The molecule has 1 aliphatic rings.